The van der Waals surface area contributed by atoms with Crippen molar-refractivity contribution >= 4 is 17.9 Å². The van der Waals surface area contributed by atoms with Gasteiger partial charge in [-0.2, -0.15) is 0 Å². The van der Waals surface area contributed by atoms with Crippen molar-refractivity contribution in [1.29, 1.82) is 0 Å². The highest BCUT2D eigenvalue weighted by Gasteiger charge is 2.44. The number of benzene rings is 1. The Morgan fingerprint density at radius 1 is 1.03 bits per heavy atom. The molecule has 0 radical (unpaired) electrons. The van der Waals surface area contributed by atoms with Gasteiger partial charge in [0.05, 0.1) is 0 Å². The van der Waals surface area contributed by atoms with Crippen molar-refractivity contribution in [2.75, 3.05) is 0 Å². The first-order chi connectivity index (χ1) is 16.3. The van der Waals surface area contributed by atoms with E-state index >= 15 is 0 Å². The molecule has 200 valence electrons. The van der Waals surface area contributed by atoms with E-state index in [1.165, 1.54) is 0 Å². The number of alkyl carbamates (subject to hydrolysis) is 1. The van der Waals surface area contributed by atoms with Crippen LogP contribution in [0.25, 0.3) is 0 Å². The lowest BCUT2D eigenvalue weighted by molar-refractivity contribution is -0.150. The van der Waals surface area contributed by atoms with E-state index in [2.05, 4.69) is 16.6 Å². The van der Waals surface area contributed by atoms with Gasteiger partial charge in [-0.3, -0.25) is 9.59 Å². The van der Waals surface area contributed by atoms with Gasteiger partial charge in [-0.05, 0) is 79.9 Å². The van der Waals surface area contributed by atoms with Crippen molar-refractivity contribution < 1.29 is 19.1 Å². The molecule has 0 aliphatic rings. The first kappa shape index (κ1) is 31.0. The summed E-state index contributed by atoms with van der Waals surface area (Å²) < 4.78 is 5.45. The second-order valence-electron chi connectivity index (χ2n) is 12.3. The van der Waals surface area contributed by atoms with Crippen LogP contribution in [0.4, 0.5) is 4.79 Å². The summed E-state index contributed by atoms with van der Waals surface area (Å²) in [6.45, 7) is 20.3. The first-order valence-electron chi connectivity index (χ1n) is 12.5. The highest BCUT2D eigenvalue weighted by Crippen LogP contribution is 2.33. The lowest BCUT2D eigenvalue weighted by Crippen LogP contribution is -2.61. The Morgan fingerprint density at radius 3 is 2.03 bits per heavy atom. The maximum absolute atomic E-state index is 14.3. The van der Waals surface area contributed by atoms with Gasteiger partial charge >= 0.3 is 6.09 Å². The minimum atomic E-state index is -1.02. The number of ether oxygens (including phenoxy) is 1. The highest BCUT2D eigenvalue weighted by molar-refractivity contribution is 5.93. The Kier molecular flexibility index (Phi) is 10.2. The number of carbonyl (C=O) groups is 3. The zero-order valence-corrected chi connectivity index (χ0v) is 23.9. The lowest BCUT2D eigenvalue weighted by atomic mass is 9.90. The Morgan fingerprint density at radius 2 is 1.58 bits per heavy atom. The molecule has 0 bridgehead atoms. The van der Waals surface area contributed by atoms with Crippen LogP contribution in [0.3, 0.4) is 0 Å². The summed E-state index contributed by atoms with van der Waals surface area (Å²) in [6, 6.07) is 5.19. The predicted octanol–water partition coefficient (Wildman–Crippen LogP) is 5.19. The van der Waals surface area contributed by atoms with E-state index in [-0.39, 0.29) is 17.7 Å². The topological polar surface area (TPSA) is 87.7 Å². The number of carbonyl (C=O) groups excluding carboxylic acids is 3. The van der Waals surface area contributed by atoms with E-state index < -0.39 is 34.9 Å². The van der Waals surface area contributed by atoms with Crippen LogP contribution in [0.1, 0.15) is 99.8 Å². The van der Waals surface area contributed by atoms with Crippen LogP contribution in [0.2, 0.25) is 0 Å². The molecule has 0 saturated heterocycles. The van der Waals surface area contributed by atoms with Gasteiger partial charge in [0.25, 0.3) is 0 Å². The van der Waals surface area contributed by atoms with E-state index in [4.69, 9.17) is 11.2 Å². The second kappa shape index (κ2) is 11.8. The highest BCUT2D eigenvalue weighted by atomic mass is 16.6. The molecule has 36 heavy (non-hydrogen) atoms. The molecule has 3 unspecified atom stereocenters. The van der Waals surface area contributed by atoms with Crippen LogP contribution in [-0.2, 0) is 14.3 Å². The summed E-state index contributed by atoms with van der Waals surface area (Å²) in [5.41, 5.74) is -0.991. The molecule has 3 atom stereocenters. The molecule has 0 heterocycles. The maximum atomic E-state index is 14.3. The smallest absolute Gasteiger partial charge is 0.408 e. The number of hydrogen-bond donors (Lipinski definition) is 2. The van der Waals surface area contributed by atoms with Gasteiger partial charge in [0, 0.05) is 16.6 Å². The van der Waals surface area contributed by atoms with E-state index in [1.54, 1.807) is 49.9 Å². The summed E-state index contributed by atoms with van der Waals surface area (Å²) in [5, 5.41) is 5.79. The third-order valence-corrected chi connectivity index (χ3v) is 5.53. The third-order valence-electron chi connectivity index (χ3n) is 5.53. The average molecular weight is 500 g/mol. The molecule has 0 aromatic heterocycles. The number of amides is 3. The first-order valence-corrected chi connectivity index (χ1v) is 12.5. The fraction of sp³-hybridized carbons (Fsp3) is 0.621. The van der Waals surface area contributed by atoms with Crippen molar-refractivity contribution in [2.24, 2.45) is 5.92 Å². The van der Waals surface area contributed by atoms with Crippen LogP contribution >= 0.6 is 0 Å². The molecule has 1 aromatic rings. The molecule has 0 saturated carbocycles. The summed E-state index contributed by atoms with van der Waals surface area (Å²) in [4.78, 5) is 42.4. The minimum absolute atomic E-state index is 0.218. The summed E-state index contributed by atoms with van der Waals surface area (Å²) >= 11 is 0. The lowest BCUT2D eigenvalue weighted by Gasteiger charge is -2.44. The zero-order valence-electron chi connectivity index (χ0n) is 23.9. The van der Waals surface area contributed by atoms with Gasteiger partial charge in [-0.15, -0.1) is 6.42 Å². The third kappa shape index (κ3) is 8.89. The summed E-state index contributed by atoms with van der Waals surface area (Å²) in [7, 11) is 0. The molecule has 0 aliphatic carbocycles. The molecule has 7 nitrogen and oxygen atoms in total. The second-order valence-corrected chi connectivity index (χ2v) is 12.3. The van der Waals surface area contributed by atoms with Crippen molar-refractivity contribution in [3.63, 3.8) is 0 Å². The van der Waals surface area contributed by atoms with E-state index in [0.717, 1.165) is 0 Å². The molecule has 0 aliphatic heterocycles. The van der Waals surface area contributed by atoms with Crippen LogP contribution in [0.5, 0.6) is 0 Å². The number of nitrogens with one attached hydrogen (secondary N) is 2. The zero-order chi connectivity index (χ0) is 28.1. The van der Waals surface area contributed by atoms with Crippen molar-refractivity contribution in [1.82, 2.24) is 15.5 Å². The van der Waals surface area contributed by atoms with E-state index in [9.17, 15) is 14.4 Å². The number of terminal acetylenes is 1. The molecule has 2 N–H and O–H groups in total. The molecule has 7 heteroatoms. The van der Waals surface area contributed by atoms with E-state index in [0.29, 0.717) is 17.5 Å². The molecule has 1 rings (SSSR count). The normalized spacial score (nSPS) is 14.6. The Balaban J connectivity index is 3.73. The number of rotatable bonds is 7. The van der Waals surface area contributed by atoms with Crippen LogP contribution < -0.4 is 10.6 Å². The van der Waals surface area contributed by atoms with Gasteiger partial charge in [0.1, 0.15) is 17.7 Å². The van der Waals surface area contributed by atoms with Gasteiger partial charge in [-0.1, -0.05) is 44.4 Å². The molecule has 0 spiro atoms. The molecular weight excluding hydrogens is 454 g/mol. The monoisotopic (exact) mass is 499 g/mol. The van der Waals surface area contributed by atoms with Gasteiger partial charge in [0.15, 0.2) is 0 Å². The molecule has 1 aromatic carbocycles. The Bertz CT molecular complexity index is 974. The van der Waals surface area contributed by atoms with Crippen LogP contribution in [0.15, 0.2) is 24.3 Å². The quantitative estimate of drug-likeness (QED) is 0.506. The number of hydrogen-bond acceptors (Lipinski definition) is 4. The predicted molar refractivity (Wildman–Crippen MR) is 144 cm³/mol. The summed E-state index contributed by atoms with van der Waals surface area (Å²) in [6.07, 6.45) is 5.74. The van der Waals surface area contributed by atoms with Crippen molar-refractivity contribution in [2.45, 2.75) is 111 Å². The largest absolute Gasteiger partial charge is 0.444 e. The molecule has 0 fully saturated rings. The van der Waals surface area contributed by atoms with Crippen LogP contribution in [0, 0.1) is 18.3 Å². The van der Waals surface area contributed by atoms with E-state index in [1.807, 2.05) is 55.4 Å². The fourth-order valence-corrected chi connectivity index (χ4v) is 3.82. The maximum Gasteiger partial charge on any atom is 0.408 e. The Hall–Kier alpha value is -3.01. The minimum Gasteiger partial charge on any atom is -0.444 e. The van der Waals surface area contributed by atoms with Crippen molar-refractivity contribution in [3.8, 4) is 12.3 Å². The fourth-order valence-electron chi connectivity index (χ4n) is 3.82. The SMILES string of the molecule is C#Cc1ccccc1C(C(=O)NC(C)(C)C)N(C(=O)C(NC(=O)OC(C)(C)C)C(C)CC)C(C)(C)C. The number of nitrogens with zero attached hydrogens (tertiary/aromatic N) is 1. The van der Waals surface area contributed by atoms with Gasteiger partial charge in [-0.25, -0.2) is 4.79 Å². The van der Waals surface area contributed by atoms with Gasteiger partial charge in [0.2, 0.25) is 11.8 Å². The standard InChI is InChI=1S/C29H45N3O4/c1-13-19(3)22(30-26(35)36-29(10,11)12)25(34)32(28(7,8)9)23(24(33)31-27(4,5)6)21-18-16-15-17-20(21)14-2/h2,15-19,22-23H,13H2,1,3-12H3,(H,30,35)(H,31,33). The summed E-state index contributed by atoms with van der Waals surface area (Å²) in [5.74, 6) is 1.70. The molecular formula is C29H45N3O4. The van der Waals surface area contributed by atoms with Crippen molar-refractivity contribution in [3.05, 3.63) is 35.4 Å². The average Bonchev–Trinajstić information content (AvgIpc) is 2.71. The Labute approximate surface area is 217 Å². The van der Waals surface area contributed by atoms with Gasteiger partial charge < -0.3 is 20.3 Å². The molecule has 3 amide bonds. The van der Waals surface area contributed by atoms with Crippen LogP contribution in [-0.4, -0.2) is 45.5 Å².